The summed E-state index contributed by atoms with van der Waals surface area (Å²) in [7, 11) is 0. The first-order chi connectivity index (χ1) is 10.1. The molecule has 5 nitrogen and oxygen atoms in total. The Bertz CT molecular complexity index is 812. The maximum atomic E-state index is 12.0. The van der Waals surface area contributed by atoms with E-state index in [2.05, 4.69) is 26.3 Å². The number of carbonyl (C=O) groups excluding carboxylic acids is 1. The molecule has 1 amide bonds. The molecule has 0 aliphatic carbocycles. The van der Waals surface area contributed by atoms with Crippen molar-refractivity contribution in [1.29, 1.82) is 0 Å². The van der Waals surface area contributed by atoms with Crippen molar-refractivity contribution in [2.75, 3.05) is 11.1 Å². The number of benzene rings is 2. The summed E-state index contributed by atoms with van der Waals surface area (Å²) in [6, 6.07) is 13.5. The topological polar surface area (TPSA) is 72.9 Å². The highest BCUT2D eigenvalue weighted by Crippen LogP contribution is 2.22. The fourth-order valence-corrected chi connectivity index (χ4v) is 2.49. The van der Waals surface area contributed by atoms with Gasteiger partial charge in [-0.15, -0.1) is 0 Å². The van der Waals surface area contributed by atoms with E-state index >= 15 is 0 Å². The Morgan fingerprint density at radius 2 is 1.95 bits per heavy atom. The largest absolute Gasteiger partial charge is 0.382 e. The molecule has 3 aromatic rings. The number of hydrogen-bond acceptors (Lipinski definition) is 3. The quantitative estimate of drug-likeness (QED) is 0.766. The molecule has 1 aromatic heterocycles. The third-order valence-corrected chi connectivity index (χ3v) is 3.55. The van der Waals surface area contributed by atoms with E-state index in [0.29, 0.717) is 5.82 Å². The summed E-state index contributed by atoms with van der Waals surface area (Å²) in [6.45, 7) is 0.134. The summed E-state index contributed by atoms with van der Waals surface area (Å²) < 4.78 is 2.53. The summed E-state index contributed by atoms with van der Waals surface area (Å²) >= 11 is 3.44. The number of halogens is 1. The molecule has 0 radical (unpaired) electrons. The first kappa shape index (κ1) is 13.6. The van der Waals surface area contributed by atoms with E-state index in [1.54, 1.807) is 12.3 Å². The minimum atomic E-state index is -0.144. The van der Waals surface area contributed by atoms with E-state index in [1.165, 1.54) is 4.68 Å². The summed E-state index contributed by atoms with van der Waals surface area (Å²) in [4.78, 5) is 12.0. The van der Waals surface area contributed by atoms with Crippen LogP contribution >= 0.6 is 15.9 Å². The van der Waals surface area contributed by atoms with Crippen LogP contribution in [0.1, 0.15) is 0 Å². The van der Waals surface area contributed by atoms with Crippen LogP contribution < -0.4 is 11.1 Å². The predicted octanol–water partition coefficient (Wildman–Crippen LogP) is 3.02. The molecule has 3 rings (SSSR count). The fraction of sp³-hybridized carbons (Fsp3) is 0.0667. The minimum absolute atomic E-state index is 0.134. The zero-order valence-electron chi connectivity index (χ0n) is 11.1. The minimum Gasteiger partial charge on any atom is -0.382 e. The molecular formula is C15H13BrN4O. The highest BCUT2D eigenvalue weighted by atomic mass is 79.9. The number of hydrogen-bond donors (Lipinski definition) is 2. The summed E-state index contributed by atoms with van der Waals surface area (Å²) in [5, 5.41) is 9.02. The molecule has 0 saturated carbocycles. The molecule has 6 heteroatoms. The van der Waals surface area contributed by atoms with Gasteiger partial charge in [0.2, 0.25) is 5.91 Å². The Morgan fingerprint density at radius 1 is 1.19 bits per heavy atom. The predicted molar refractivity (Wildman–Crippen MR) is 86.9 cm³/mol. The van der Waals surface area contributed by atoms with Crippen LogP contribution in [0.3, 0.4) is 0 Å². The summed E-state index contributed by atoms with van der Waals surface area (Å²) in [5.41, 5.74) is 6.27. The molecule has 1 heterocycles. The van der Waals surface area contributed by atoms with Gasteiger partial charge in [0.1, 0.15) is 12.4 Å². The lowest BCUT2D eigenvalue weighted by atomic mass is 10.1. The number of amides is 1. The standard InChI is InChI=1S/C15H13BrN4O/c16-12-3-1-11-8-13(4-2-10(11)7-12)18-15(21)9-20-6-5-14(17)19-20/h1-8H,9H2,(H2,17,19)(H,18,21). The van der Waals surface area contributed by atoms with Crippen molar-refractivity contribution < 1.29 is 4.79 Å². The van der Waals surface area contributed by atoms with E-state index in [9.17, 15) is 4.79 Å². The molecular weight excluding hydrogens is 332 g/mol. The van der Waals surface area contributed by atoms with Gasteiger partial charge in [-0.25, -0.2) is 0 Å². The van der Waals surface area contributed by atoms with Crippen molar-refractivity contribution in [3.63, 3.8) is 0 Å². The van der Waals surface area contributed by atoms with Crippen LogP contribution in [0.2, 0.25) is 0 Å². The zero-order chi connectivity index (χ0) is 14.8. The van der Waals surface area contributed by atoms with Crippen LogP contribution in [0.5, 0.6) is 0 Å². The van der Waals surface area contributed by atoms with Gasteiger partial charge in [0.15, 0.2) is 0 Å². The molecule has 0 unspecified atom stereocenters. The van der Waals surface area contributed by atoms with Gasteiger partial charge >= 0.3 is 0 Å². The zero-order valence-corrected chi connectivity index (χ0v) is 12.7. The molecule has 0 spiro atoms. The van der Waals surface area contributed by atoms with E-state index in [1.807, 2.05) is 36.4 Å². The van der Waals surface area contributed by atoms with E-state index in [0.717, 1.165) is 20.9 Å². The maximum Gasteiger partial charge on any atom is 0.246 e. The van der Waals surface area contributed by atoms with E-state index in [4.69, 9.17) is 5.73 Å². The molecule has 106 valence electrons. The molecule has 2 aromatic carbocycles. The highest BCUT2D eigenvalue weighted by molar-refractivity contribution is 9.10. The van der Waals surface area contributed by atoms with Crippen molar-refractivity contribution in [1.82, 2.24) is 9.78 Å². The van der Waals surface area contributed by atoms with Crippen molar-refractivity contribution >= 4 is 44.1 Å². The van der Waals surface area contributed by atoms with Gasteiger partial charge in [-0.2, -0.15) is 5.10 Å². The Kier molecular flexibility index (Phi) is 3.62. The Balaban J connectivity index is 1.75. The first-order valence-electron chi connectivity index (χ1n) is 6.38. The van der Waals surface area contributed by atoms with Crippen LogP contribution in [0.15, 0.2) is 53.1 Å². The number of nitrogens with two attached hydrogens (primary N) is 1. The molecule has 0 aliphatic heterocycles. The number of rotatable bonds is 3. The molecule has 0 atom stereocenters. The van der Waals surface area contributed by atoms with Crippen LogP contribution in [0.4, 0.5) is 11.5 Å². The summed E-state index contributed by atoms with van der Waals surface area (Å²) in [5.74, 6) is 0.258. The highest BCUT2D eigenvalue weighted by Gasteiger charge is 2.05. The molecule has 0 bridgehead atoms. The van der Waals surface area contributed by atoms with Gasteiger partial charge in [-0.05, 0) is 41.1 Å². The maximum absolute atomic E-state index is 12.0. The van der Waals surface area contributed by atoms with Gasteiger partial charge < -0.3 is 11.1 Å². The van der Waals surface area contributed by atoms with Gasteiger partial charge in [0.25, 0.3) is 0 Å². The second-order valence-corrected chi connectivity index (χ2v) is 5.61. The number of fused-ring (bicyclic) bond motifs is 1. The number of nitrogens with zero attached hydrogens (tertiary/aromatic N) is 2. The molecule has 3 N–H and O–H groups in total. The third-order valence-electron chi connectivity index (χ3n) is 3.05. The van der Waals surface area contributed by atoms with Crippen LogP contribution in [0.25, 0.3) is 10.8 Å². The smallest absolute Gasteiger partial charge is 0.246 e. The summed E-state index contributed by atoms with van der Waals surface area (Å²) in [6.07, 6.45) is 1.67. The monoisotopic (exact) mass is 344 g/mol. The van der Waals surface area contributed by atoms with Crippen molar-refractivity contribution in [2.45, 2.75) is 6.54 Å². The van der Waals surface area contributed by atoms with Crippen molar-refractivity contribution in [3.05, 3.63) is 53.1 Å². The fourth-order valence-electron chi connectivity index (χ4n) is 2.11. The van der Waals surface area contributed by atoms with Gasteiger partial charge in [-0.3, -0.25) is 9.48 Å². The lowest BCUT2D eigenvalue weighted by Gasteiger charge is -2.07. The van der Waals surface area contributed by atoms with Crippen molar-refractivity contribution in [2.24, 2.45) is 0 Å². The lowest BCUT2D eigenvalue weighted by Crippen LogP contribution is -2.19. The van der Waals surface area contributed by atoms with Crippen LogP contribution in [-0.4, -0.2) is 15.7 Å². The molecule has 0 aliphatic rings. The van der Waals surface area contributed by atoms with Crippen molar-refractivity contribution in [3.8, 4) is 0 Å². The number of carbonyl (C=O) groups is 1. The normalized spacial score (nSPS) is 10.7. The average Bonchev–Trinajstić information content (AvgIpc) is 2.84. The Hall–Kier alpha value is -2.34. The second kappa shape index (κ2) is 5.57. The lowest BCUT2D eigenvalue weighted by molar-refractivity contribution is -0.116. The Labute approximate surface area is 129 Å². The van der Waals surface area contributed by atoms with Gasteiger partial charge in [0.05, 0.1) is 0 Å². The average molecular weight is 345 g/mol. The molecule has 21 heavy (non-hydrogen) atoms. The van der Waals surface area contributed by atoms with E-state index < -0.39 is 0 Å². The molecule has 0 saturated heterocycles. The number of aromatic nitrogens is 2. The van der Waals surface area contributed by atoms with E-state index in [-0.39, 0.29) is 12.5 Å². The Morgan fingerprint density at radius 3 is 2.71 bits per heavy atom. The number of nitrogens with one attached hydrogen (secondary N) is 1. The van der Waals surface area contributed by atoms with Crippen LogP contribution in [-0.2, 0) is 11.3 Å². The SMILES string of the molecule is Nc1ccn(CC(=O)Nc2ccc3cc(Br)ccc3c2)n1. The third kappa shape index (κ3) is 3.22. The molecule has 0 fully saturated rings. The second-order valence-electron chi connectivity index (χ2n) is 4.69. The van der Waals surface area contributed by atoms with Crippen LogP contribution in [0, 0.1) is 0 Å². The van der Waals surface area contributed by atoms with Gasteiger partial charge in [0, 0.05) is 16.4 Å². The number of nitrogen functional groups attached to an aromatic ring is 1. The van der Waals surface area contributed by atoms with Gasteiger partial charge in [-0.1, -0.05) is 28.1 Å². The first-order valence-corrected chi connectivity index (χ1v) is 7.17. The number of anilines is 2.